The fourth-order valence-corrected chi connectivity index (χ4v) is 5.97. The summed E-state index contributed by atoms with van der Waals surface area (Å²) in [5.74, 6) is -4.44. The maximum atomic E-state index is 12.2. The fraction of sp³-hybridized carbons (Fsp3) is 0.250. The van der Waals surface area contributed by atoms with Crippen molar-refractivity contribution in [3.05, 3.63) is 73.4 Å². The highest BCUT2D eigenvalue weighted by molar-refractivity contribution is 7.86. The maximum absolute atomic E-state index is 12.2. The number of carbonyl (C=O) groups excluding carboxylic acids is 6. The number of hydrogen-bond donors (Lipinski definition) is 3. The molecule has 0 aliphatic carbocycles. The Bertz CT molecular complexity index is 2440. The maximum Gasteiger partial charge on any atom is 0.340 e. The van der Waals surface area contributed by atoms with E-state index in [0.29, 0.717) is 32.3 Å². The Kier molecular flexibility index (Phi) is 9.98. The zero-order valence-corrected chi connectivity index (χ0v) is 28.1. The van der Waals surface area contributed by atoms with Crippen LogP contribution >= 0.6 is 0 Å². The van der Waals surface area contributed by atoms with Gasteiger partial charge >= 0.3 is 23.2 Å². The molecule has 5 N–H and O–H groups in total. The van der Waals surface area contributed by atoms with Crippen LogP contribution in [0.15, 0.2) is 53.7 Å². The van der Waals surface area contributed by atoms with Crippen molar-refractivity contribution in [2.24, 2.45) is 0 Å². The second-order valence-electron chi connectivity index (χ2n) is 11.5. The molecule has 2 fully saturated rings. The summed E-state index contributed by atoms with van der Waals surface area (Å²) in [6.45, 7) is 3.10. The Morgan fingerprint density at radius 1 is 0.712 bits per heavy atom. The van der Waals surface area contributed by atoms with Crippen LogP contribution in [0.1, 0.15) is 47.9 Å². The lowest BCUT2D eigenvalue weighted by Gasteiger charge is -2.13. The van der Waals surface area contributed by atoms with E-state index >= 15 is 0 Å². The van der Waals surface area contributed by atoms with Gasteiger partial charge in [-0.15, -0.1) is 10.1 Å². The normalized spacial score (nSPS) is 14.6. The third-order valence-electron chi connectivity index (χ3n) is 8.05. The molecule has 272 valence electrons. The fourth-order valence-electron chi connectivity index (χ4n) is 5.35. The molecule has 2 aliphatic rings. The molecule has 19 nitrogen and oxygen atoms in total. The molecule has 0 unspecified atom stereocenters. The molecule has 0 radical (unpaired) electrons. The summed E-state index contributed by atoms with van der Waals surface area (Å²) >= 11 is 0. The van der Waals surface area contributed by atoms with E-state index in [1.165, 1.54) is 13.0 Å². The molecule has 2 aliphatic heterocycles. The molecular weight excluding hydrogens is 712 g/mol. The van der Waals surface area contributed by atoms with Gasteiger partial charge < -0.3 is 30.0 Å². The van der Waals surface area contributed by atoms with Gasteiger partial charge in [0.2, 0.25) is 0 Å². The van der Waals surface area contributed by atoms with Crippen LogP contribution in [0.3, 0.4) is 0 Å². The largest absolute Gasteiger partial charge is 0.422 e. The number of hydroxylamine groups is 4. The van der Waals surface area contributed by atoms with Crippen molar-refractivity contribution >= 4 is 79.0 Å². The molecule has 0 bridgehead atoms. The van der Waals surface area contributed by atoms with E-state index in [1.54, 1.807) is 19.1 Å². The zero-order valence-electron chi connectivity index (χ0n) is 27.2. The van der Waals surface area contributed by atoms with Crippen molar-refractivity contribution in [3.8, 4) is 0 Å². The SMILES string of the molecule is Cc1c(CC(=O)ON2C(=O)CCC2=O)c(=O)oc2cc(N)c(S(=O)(=O)O)cc12.Cc1c(CC(=O)ON2C(=O)CCC2=O)c(=O)oc2cc(N)ccc12. The minimum atomic E-state index is -4.63. The average Bonchev–Trinajstić information content (AvgIpc) is 3.54. The van der Waals surface area contributed by atoms with Crippen molar-refractivity contribution in [1.82, 2.24) is 10.1 Å². The number of nitrogen functional groups attached to an aromatic ring is 2. The first-order valence-electron chi connectivity index (χ1n) is 15.1. The van der Waals surface area contributed by atoms with Gasteiger partial charge in [-0.3, -0.25) is 23.7 Å². The minimum Gasteiger partial charge on any atom is -0.422 e. The monoisotopic (exact) mass is 740 g/mol. The van der Waals surface area contributed by atoms with Crippen molar-refractivity contribution in [3.63, 3.8) is 0 Å². The minimum absolute atomic E-state index is 0.00464. The summed E-state index contributed by atoms with van der Waals surface area (Å²) in [5.41, 5.74) is 10.7. The average molecular weight is 741 g/mol. The van der Waals surface area contributed by atoms with Gasteiger partial charge in [-0.25, -0.2) is 19.2 Å². The van der Waals surface area contributed by atoms with Crippen LogP contribution in [0, 0.1) is 13.8 Å². The second kappa shape index (κ2) is 14.1. The number of fused-ring (bicyclic) bond motifs is 2. The van der Waals surface area contributed by atoms with Gasteiger partial charge in [-0.05, 0) is 43.2 Å². The lowest BCUT2D eigenvalue weighted by Crippen LogP contribution is -2.33. The van der Waals surface area contributed by atoms with Gasteiger partial charge in [-0.1, -0.05) is 0 Å². The van der Waals surface area contributed by atoms with Crippen LogP contribution < -0.4 is 22.7 Å². The standard InChI is InChI=1S/C16H14N2O9S.C16H14N2O6/c1-7-8-4-12(28(23,24)25)10(17)6-11(8)26-16(22)9(7)5-15(21)27-18-13(19)2-3-14(18)20;1-8-10-3-2-9(17)6-12(10)23-16(22)11(8)7-15(21)24-18-13(19)4-5-14(18)20/h4,6H,2-3,5,17H2,1H3,(H,23,24,25);2-3,6H,4-5,7,17H2,1H3. The van der Waals surface area contributed by atoms with Crippen molar-refractivity contribution < 1.29 is 60.2 Å². The van der Waals surface area contributed by atoms with Crippen LogP contribution in [-0.4, -0.2) is 58.7 Å². The first kappa shape index (κ1) is 36.9. The summed E-state index contributed by atoms with van der Waals surface area (Å²) in [6.07, 6.45) is -1.19. The number of rotatable bonds is 7. The Balaban J connectivity index is 0.000000203. The van der Waals surface area contributed by atoms with E-state index in [1.807, 2.05) is 0 Å². The molecule has 6 rings (SSSR count). The number of benzene rings is 2. The summed E-state index contributed by atoms with van der Waals surface area (Å²) in [4.78, 5) is 103. The molecule has 4 amide bonds. The van der Waals surface area contributed by atoms with Gasteiger partial charge in [0.25, 0.3) is 33.7 Å². The van der Waals surface area contributed by atoms with Crippen LogP contribution in [0.2, 0.25) is 0 Å². The van der Waals surface area contributed by atoms with Crippen LogP contribution in [0.4, 0.5) is 11.4 Å². The van der Waals surface area contributed by atoms with E-state index in [9.17, 15) is 51.3 Å². The van der Waals surface area contributed by atoms with Gasteiger partial charge in [0, 0.05) is 54.3 Å². The molecule has 4 aromatic rings. The highest BCUT2D eigenvalue weighted by Gasteiger charge is 2.34. The lowest BCUT2D eigenvalue weighted by atomic mass is 10.0. The van der Waals surface area contributed by atoms with Crippen molar-refractivity contribution in [1.29, 1.82) is 0 Å². The van der Waals surface area contributed by atoms with Gasteiger partial charge in [0.15, 0.2) is 0 Å². The second-order valence-corrected chi connectivity index (χ2v) is 12.9. The summed E-state index contributed by atoms with van der Waals surface area (Å²) in [6, 6.07) is 6.94. The van der Waals surface area contributed by atoms with Gasteiger partial charge in [0.1, 0.15) is 16.1 Å². The third-order valence-corrected chi connectivity index (χ3v) is 8.96. The molecule has 52 heavy (non-hydrogen) atoms. The molecule has 2 aromatic carbocycles. The molecule has 2 aromatic heterocycles. The highest BCUT2D eigenvalue weighted by Crippen LogP contribution is 2.28. The number of carbonyl (C=O) groups is 6. The molecular formula is C32H28N4O15S. The molecule has 20 heteroatoms. The smallest absolute Gasteiger partial charge is 0.340 e. The first-order valence-corrected chi connectivity index (χ1v) is 16.6. The van der Waals surface area contributed by atoms with Gasteiger partial charge in [0.05, 0.1) is 29.7 Å². The Labute approximate surface area is 291 Å². The van der Waals surface area contributed by atoms with E-state index in [-0.39, 0.29) is 59.0 Å². The van der Waals surface area contributed by atoms with E-state index in [4.69, 9.17) is 30.0 Å². The van der Waals surface area contributed by atoms with Crippen LogP contribution in [0.5, 0.6) is 0 Å². The van der Waals surface area contributed by atoms with E-state index in [0.717, 1.165) is 12.1 Å². The Morgan fingerprint density at radius 2 is 1.13 bits per heavy atom. The number of nitrogens with zero attached hydrogens (tertiary/aromatic N) is 2. The van der Waals surface area contributed by atoms with Crippen LogP contribution in [-0.2, 0) is 61.4 Å². The number of hydrogen-bond acceptors (Lipinski definition) is 16. The Hall–Kier alpha value is -6.41. The van der Waals surface area contributed by atoms with E-state index in [2.05, 4.69) is 0 Å². The number of imide groups is 2. The number of aryl methyl sites for hydroxylation is 2. The predicted octanol–water partition coefficient (Wildman–Crippen LogP) is 0.913. The van der Waals surface area contributed by atoms with Crippen molar-refractivity contribution in [2.45, 2.75) is 57.3 Å². The van der Waals surface area contributed by atoms with E-state index < -0.39 is 74.7 Å². The third kappa shape index (κ3) is 7.51. The first-order chi connectivity index (χ1) is 24.3. The highest BCUT2D eigenvalue weighted by atomic mass is 32.2. The molecule has 0 spiro atoms. The number of nitrogens with two attached hydrogens (primary N) is 2. The lowest BCUT2D eigenvalue weighted by molar-refractivity contribution is -0.197. The zero-order chi connectivity index (χ0) is 38.2. The molecule has 2 saturated heterocycles. The summed E-state index contributed by atoms with van der Waals surface area (Å²) in [5, 5.41) is 1.55. The number of amides is 4. The molecule has 0 atom stereocenters. The summed E-state index contributed by atoms with van der Waals surface area (Å²) < 4.78 is 42.4. The molecule has 0 saturated carbocycles. The Morgan fingerprint density at radius 3 is 1.58 bits per heavy atom. The molecule has 4 heterocycles. The quantitative estimate of drug-likeness (QED) is 0.103. The summed E-state index contributed by atoms with van der Waals surface area (Å²) in [7, 11) is -4.63. The van der Waals surface area contributed by atoms with Crippen LogP contribution in [0.25, 0.3) is 21.9 Å². The number of anilines is 2. The van der Waals surface area contributed by atoms with Gasteiger partial charge in [-0.2, -0.15) is 8.42 Å². The topological polar surface area (TPSA) is 294 Å². The van der Waals surface area contributed by atoms with Crippen molar-refractivity contribution in [2.75, 3.05) is 11.5 Å². The predicted molar refractivity (Wildman–Crippen MR) is 175 cm³/mol.